The van der Waals surface area contributed by atoms with Crippen LogP contribution in [0.5, 0.6) is 0 Å². The highest BCUT2D eigenvalue weighted by Crippen LogP contribution is 2.33. The molecule has 0 fully saturated rings. The van der Waals surface area contributed by atoms with Crippen molar-refractivity contribution in [3.8, 4) is 11.4 Å². The second-order valence-corrected chi connectivity index (χ2v) is 11.1. The van der Waals surface area contributed by atoms with Gasteiger partial charge in [-0.2, -0.15) is 0 Å². The molecule has 16 nitrogen and oxygen atoms in total. The number of amides is 2. The summed E-state index contributed by atoms with van der Waals surface area (Å²) >= 11 is 5.28. The number of nitrogens with zero attached hydrogens (tertiary/aromatic N) is 4. The van der Waals surface area contributed by atoms with Gasteiger partial charge in [0.2, 0.25) is 4.77 Å². The van der Waals surface area contributed by atoms with Gasteiger partial charge in [-0.05, 0) is 66.0 Å². The summed E-state index contributed by atoms with van der Waals surface area (Å²) in [6.45, 7) is -0.0885. The average Bonchev–Trinajstić information content (AvgIpc) is 3.80. The van der Waals surface area contributed by atoms with Crippen molar-refractivity contribution in [1.29, 1.82) is 0 Å². The van der Waals surface area contributed by atoms with Crippen LogP contribution in [0.15, 0.2) is 61.4 Å². The molecule has 3 aromatic heterocycles. The molecular weight excluding hydrogens is 635 g/mol. The van der Waals surface area contributed by atoms with Crippen molar-refractivity contribution < 1.29 is 18.5 Å². The molecule has 0 spiro atoms. The zero-order valence-corrected chi connectivity index (χ0v) is 24.7. The molecule has 0 unspecified atom stereocenters. The predicted molar refractivity (Wildman–Crippen MR) is 166 cm³/mol. The van der Waals surface area contributed by atoms with E-state index in [0.717, 1.165) is 17.2 Å². The predicted octanol–water partition coefficient (Wildman–Crippen LogP) is 1.54. The molecule has 7 rings (SSSR count). The van der Waals surface area contributed by atoms with Gasteiger partial charge in [0.05, 0.1) is 11.7 Å². The van der Waals surface area contributed by atoms with Crippen molar-refractivity contribution in [2.24, 2.45) is 0 Å². The van der Waals surface area contributed by atoms with Crippen molar-refractivity contribution in [2.75, 3.05) is 11.1 Å². The number of nitrogens with one attached hydrogen (secondary N) is 5. The van der Waals surface area contributed by atoms with E-state index in [4.69, 9.17) is 18.0 Å². The smallest absolute Gasteiger partial charge is 0.394 e. The summed E-state index contributed by atoms with van der Waals surface area (Å²) in [6, 6.07) is 10.3. The maximum atomic E-state index is 14.4. The third kappa shape index (κ3) is 5.25. The number of carbonyl (C=O) groups excluding carboxylic acids is 2. The van der Waals surface area contributed by atoms with Crippen LogP contribution in [0, 0.1) is 10.6 Å². The molecule has 0 bridgehead atoms. The number of hydrogen-bond donors (Lipinski definition) is 6. The standard InChI is InChI=1S/C29H21FN10O6S/c30-15-5-1-11(7-17(15)33-21-20(31)22(41)23(21)42)10-32-26(44)19-9-18(35-27-37-38-28(47)40(19)27)25(43)34-16-6-3-12-8-13(2-4-14(12)16)24-36-29(45)46-39-24/h1-2,4-5,7-9,16,33H,3,6,10,31H2,(H,32,44)(H,34,43)(H,38,47)(H,36,39,45)/t16-/m0/s1. The number of nitrogen functional groups attached to an aromatic ring is 1. The van der Waals surface area contributed by atoms with Gasteiger partial charge in [0.25, 0.3) is 28.4 Å². The highest BCUT2D eigenvalue weighted by molar-refractivity contribution is 7.71. The topological polar surface area (TPSA) is 235 Å². The number of anilines is 3. The summed E-state index contributed by atoms with van der Waals surface area (Å²) < 4.78 is 20.4. The van der Waals surface area contributed by atoms with E-state index in [1.54, 1.807) is 6.07 Å². The lowest BCUT2D eigenvalue weighted by Gasteiger charge is -2.15. The molecule has 0 saturated heterocycles. The number of rotatable bonds is 8. The van der Waals surface area contributed by atoms with E-state index in [1.807, 2.05) is 12.1 Å². The first-order chi connectivity index (χ1) is 22.6. The van der Waals surface area contributed by atoms with Gasteiger partial charge >= 0.3 is 5.76 Å². The maximum Gasteiger partial charge on any atom is 0.439 e. The summed E-state index contributed by atoms with van der Waals surface area (Å²) in [5.41, 5.74) is 6.05. The van der Waals surface area contributed by atoms with Crippen LogP contribution >= 0.6 is 12.2 Å². The third-order valence-electron chi connectivity index (χ3n) is 7.79. The molecule has 0 aliphatic heterocycles. The lowest BCUT2D eigenvalue weighted by molar-refractivity contribution is 0.0931. The molecule has 18 heteroatoms. The summed E-state index contributed by atoms with van der Waals surface area (Å²) in [7, 11) is 0. The van der Waals surface area contributed by atoms with Gasteiger partial charge in [-0.15, -0.1) is 5.10 Å². The fraction of sp³-hybridized carbons (Fsp3) is 0.138. The number of benzene rings is 2. The SMILES string of the molecule is Nc1c(Nc2cc(CNC(=O)c3cc(C(=O)N[C@H]4CCc5cc(-c6noc(=O)[nH]6)ccc54)nc4n[nH]c(=S)n34)ccc2F)c(=O)c1=O. The molecular formula is C29H21FN10O6S. The van der Waals surface area contributed by atoms with E-state index >= 15 is 0 Å². The minimum absolute atomic E-state index is 0.00952. The Labute approximate surface area is 265 Å². The van der Waals surface area contributed by atoms with Crippen molar-refractivity contribution >= 4 is 46.9 Å². The highest BCUT2D eigenvalue weighted by atomic mass is 32.1. The number of H-pyrrole nitrogens is 2. The van der Waals surface area contributed by atoms with Gasteiger partial charge < -0.3 is 21.7 Å². The Morgan fingerprint density at radius 3 is 2.70 bits per heavy atom. The van der Waals surface area contributed by atoms with Gasteiger partial charge in [0.1, 0.15) is 28.6 Å². The number of nitrogens with two attached hydrogens (primary N) is 1. The van der Waals surface area contributed by atoms with Gasteiger partial charge in [-0.3, -0.25) is 28.7 Å². The van der Waals surface area contributed by atoms with E-state index in [0.29, 0.717) is 29.8 Å². The molecule has 1 aliphatic rings. The Morgan fingerprint density at radius 2 is 1.94 bits per heavy atom. The van der Waals surface area contributed by atoms with Crippen LogP contribution in [0.3, 0.4) is 0 Å². The van der Waals surface area contributed by atoms with E-state index in [-0.39, 0.29) is 51.6 Å². The summed E-state index contributed by atoms with van der Waals surface area (Å²) in [6.07, 6.45) is 1.26. The summed E-state index contributed by atoms with van der Waals surface area (Å²) in [5, 5.41) is 18.5. The average molecular weight is 657 g/mol. The van der Waals surface area contributed by atoms with E-state index in [9.17, 15) is 28.4 Å². The first-order valence-electron chi connectivity index (χ1n) is 14.0. The molecule has 3 aromatic carbocycles. The number of halogens is 1. The zero-order valence-electron chi connectivity index (χ0n) is 23.8. The lowest BCUT2D eigenvalue weighted by Crippen LogP contribution is -2.36. The Hall–Kier alpha value is -6.30. The molecule has 47 heavy (non-hydrogen) atoms. The molecule has 6 aromatic rings. The van der Waals surface area contributed by atoms with Crippen molar-refractivity contribution in [1.82, 2.24) is 40.4 Å². The minimum Gasteiger partial charge on any atom is -0.394 e. The quantitative estimate of drug-likeness (QED) is 0.101. The molecule has 2 amide bonds. The number of hydrogen-bond acceptors (Lipinski definition) is 12. The van der Waals surface area contributed by atoms with Crippen LogP contribution in [0.4, 0.5) is 21.5 Å². The normalized spacial score (nSPS) is 13.9. The lowest BCUT2D eigenvalue weighted by atomic mass is 10.0. The van der Waals surface area contributed by atoms with Crippen LogP contribution in [-0.2, 0) is 13.0 Å². The van der Waals surface area contributed by atoms with Crippen LogP contribution < -0.4 is 38.3 Å². The van der Waals surface area contributed by atoms with Gasteiger partial charge in [-0.25, -0.2) is 23.7 Å². The molecule has 1 aliphatic carbocycles. The first-order valence-corrected chi connectivity index (χ1v) is 14.4. The van der Waals surface area contributed by atoms with Crippen molar-refractivity contribution in [3.05, 3.63) is 112 Å². The second-order valence-electron chi connectivity index (χ2n) is 10.7. The second kappa shape index (κ2) is 11.2. The first kappa shape index (κ1) is 29.4. The fourth-order valence-electron chi connectivity index (χ4n) is 5.42. The van der Waals surface area contributed by atoms with E-state index < -0.39 is 34.2 Å². The Bertz CT molecular complexity index is 2450. The molecule has 0 radical (unpaired) electrons. The summed E-state index contributed by atoms with van der Waals surface area (Å²) in [4.78, 5) is 68.1. The van der Waals surface area contributed by atoms with Crippen LogP contribution in [-0.4, -0.2) is 41.5 Å². The number of aromatic amines is 2. The molecule has 236 valence electrons. The number of aryl methyl sites for hydroxylation is 1. The van der Waals surface area contributed by atoms with Crippen molar-refractivity contribution in [3.63, 3.8) is 0 Å². The molecule has 3 heterocycles. The number of aromatic nitrogens is 6. The van der Waals surface area contributed by atoms with Gasteiger partial charge in [-0.1, -0.05) is 23.4 Å². The molecule has 0 saturated carbocycles. The Balaban J connectivity index is 1.09. The zero-order chi connectivity index (χ0) is 33.0. The fourth-order valence-corrected chi connectivity index (χ4v) is 5.64. The minimum atomic E-state index is -0.855. The number of fused-ring (bicyclic) bond motifs is 2. The number of carbonyl (C=O) groups is 2. The van der Waals surface area contributed by atoms with E-state index in [2.05, 4.69) is 45.8 Å². The van der Waals surface area contributed by atoms with Crippen LogP contribution in [0.25, 0.3) is 17.2 Å². The maximum absolute atomic E-state index is 14.4. The third-order valence-corrected chi connectivity index (χ3v) is 8.06. The summed E-state index contributed by atoms with van der Waals surface area (Å²) in [5.74, 6) is -2.27. The molecule has 7 N–H and O–H groups in total. The van der Waals surface area contributed by atoms with Crippen LogP contribution in [0.1, 0.15) is 50.1 Å². The van der Waals surface area contributed by atoms with Crippen LogP contribution in [0.2, 0.25) is 0 Å². The molecule has 1 atom stereocenters. The van der Waals surface area contributed by atoms with Crippen molar-refractivity contribution in [2.45, 2.75) is 25.4 Å². The Morgan fingerprint density at radius 1 is 1.11 bits per heavy atom. The Kier molecular flexibility index (Phi) is 7.04. The van der Waals surface area contributed by atoms with E-state index in [1.165, 1.54) is 22.6 Å². The monoisotopic (exact) mass is 656 g/mol. The largest absolute Gasteiger partial charge is 0.439 e. The van der Waals surface area contributed by atoms with Gasteiger partial charge in [0.15, 0.2) is 5.82 Å². The highest BCUT2D eigenvalue weighted by Gasteiger charge is 2.27. The van der Waals surface area contributed by atoms with Gasteiger partial charge in [0, 0.05) is 12.1 Å².